The van der Waals surface area contributed by atoms with Crippen molar-refractivity contribution in [3.63, 3.8) is 0 Å². The molecule has 0 aliphatic rings. The van der Waals surface area contributed by atoms with Crippen LogP contribution < -0.4 is 0 Å². The molecule has 72 valence electrons. The molecule has 0 saturated carbocycles. The van der Waals surface area contributed by atoms with E-state index in [1.165, 1.54) is 6.08 Å². The summed E-state index contributed by atoms with van der Waals surface area (Å²) in [4.78, 5) is 19.5. The molecule has 0 bridgehead atoms. The summed E-state index contributed by atoms with van der Waals surface area (Å²) in [7, 11) is 0. The van der Waals surface area contributed by atoms with Crippen LogP contribution in [0.1, 0.15) is 6.92 Å². The lowest BCUT2D eigenvalue weighted by Gasteiger charge is -1.86. The zero-order valence-electron chi connectivity index (χ0n) is 7.40. The molecule has 0 atom stereocenters. The van der Waals surface area contributed by atoms with Crippen LogP contribution in [-0.4, -0.2) is 17.0 Å². The van der Waals surface area contributed by atoms with Crippen LogP contribution in [0.15, 0.2) is 37.6 Å². The molecule has 0 aromatic heterocycles. The molecular formula is C9H12O4. The lowest BCUT2D eigenvalue weighted by Crippen LogP contribution is -1.91. The first-order chi connectivity index (χ1) is 6.08. The summed E-state index contributed by atoms with van der Waals surface area (Å²) < 4.78 is 4.32. The molecule has 0 saturated heterocycles. The van der Waals surface area contributed by atoms with Gasteiger partial charge in [-0.05, 0) is 6.92 Å². The molecule has 0 aliphatic carbocycles. The standard InChI is InChI=1S/C6H8O2.C3H4O2/c1-3-5-6(7)8-4-2;1-2-3(4)5/h3-5H,2H2,1H3;2H,1H2,(H,4,5)/b5-3+;. The van der Waals surface area contributed by atoms with Crippen molar-refractivity contribution < 1.29 is 19.4 Å². The maximum Gasteiger partial charge on any atom is 0.335 e. The molecule has 0 heterocycles. The van der Waals surface area contributed by atoms with Crippen molar-refractivity contribution in [2.45, 2.75) is 6.92 Å². The molecule has 0 aliphatic heterocycles. The molecule has 1 N–H and O–H groups in total. The highest BCUT2D eigenvalue weighted by Gasteiger charge is 1.86. The van der Waals surface area contributed by atoms with Crippen molar-refractivity contribution in [2.75, 3.05) is 0 Å². The second kappa shape index (κ2) is 10.2. The topological polar surface area (TPSA) is 63.6 Å². The molecule has 0 unspecified atom stereocenters. The first kappa shape index (κ1) is 13.7. The molecule has 0 aromatic rings. The van der Waals surface area contributed by atoms with Gasteiger partial charge in [-0.3, -0.25) is 0 Å². The number of carboxylic acid groups (broad SMARTS) is 1. The van der Waals surface area contributed by atoms with Crippen molar-refractivity contribution in [3.05, 3.63) is 37.6 Å². The summed E-state index contributed by atoms with van der Waals surface area (Å²) in [5.41, 5.74) is 0. The Balaban J connectivity index is 0. The van der Waals surface area contributed by atoms with Crippen LogP contribution in [0.3, 0.4) is 0 Å². The van der Waals surface area contributed by atoms with Crippen LogP contribution in [0.5, 0.6) is 0 Å². The Bertz CT molecular complexity index is 216. The maximum absolute atomic E-state index is 10.3. The van der Waals surface area contributed by atoms with E-state index in [0.29, 0.717) is 0 Å². The highest BCUT2D eigenvalue weighted by Crippen LogP contribution is 1.78. The van der Waals surface area contributed by atoms with Gasteiger partial charge in [0, 0.05) is 12.2 Å². The third-order valence-corrected chi connectivity index (χ3v) is 0.677. The number of hydrogen-bond donors (Lipinski definition) is 1. The van der Waals surface area contributed by atoms with E-state index in [4.69, 9.17) is 5.11 Å². The molecule has 0 fully saturated rings. The fourth-order valence-electron chi connectivity index (χ4n) is 0.257. The van der Waals surface area contributed by atoms with Crippen LogP contribution in [0.2, 0.25) is 0 Å². The Kier molecular flexibility index (Phi) is 10.7. The zero-order chi connectivity index (χ0) is 10.7. The van der Waals surface area contributed by atoms with Gasteiger partial charge in [-0.15, -0.1) is 0 Å². The van der Waals surface area contributed by atoms with Crippen molar-refractivity contribution in [3.8, 4) is 0 Å². The van der Waals surface area contributed by atoms with Gasteiger partial charge in [0.15, 0.2) is 0 Å². The molecule has 4 heteroatoms. The van der Waals surface area contributed by atoms with Gasteiger partial charge >= 0.3 is 11.9 Å². The number of carbonyl (C=O) groups excluding carboxylic acids is 1. The van der Waals surface area contributed by atoms with Crippen molar-refractivity contribution >= 4 is 11.9 Å². The Morgan fingerprint density at radius 2 is 1.85 bits per heavy atom. The molecule has 4 nitrogen and oxygen atoms in total. The smallest absolute Gasteiger partial charge is 0.335 e. The second-order valence-electron chi connectivity index (χ2n) is 1.65. The predicted molar refractivity (Wildman–Crippen MR) is 48.9 cm³/mol. The average Bonchev–Trinajstić information content (AvgIpc) is 2.06. The van der Waals surface area contributed by atoms with Gasteiger partial charge in [0.25, 0.3) is 0 Å². The predicted octanol–water partition coefficient (Wildman–Crippen LogP) is 1.51. The second-order valence-corrected chi connectivity index (χ2v) is 1.65. The fourth-order valence-corrected chi connectivity index (χ4v) is 0.257. The lowest BCUT2D eigenvalue weighted by molar-refractivity contribution is -0.132. The molecular weight excluding hydrogens is 172 g/mol. The molecule has 13 heavy (non-hydrogen) atoms. The third-order valence-electron chi connectivity index (χ3n) is 0.677. The van der Waals surface area contributed by atoms with Gasteiger partial charge < -0.3 is 9.84 Å². The summed E-state index contributed by atoms with van der Waals surface area (Å²) in [6.45, 7) is 7.91. The van der Waals surface area contributed by atoms with Crippen LogP contribution in [-0.2, 0) is 14.3 Å². The summed E-state index contributed by atoms with van der Waals surface area (Å²) in [5, 5.41) is 7.60. The summed E-state index contributed by atoms with van der Waals surface area (Å²) >= 11 is 0. The molecule has 0 amide bonds. The van der Waals surface area contributed by atoms with Crippen LogP contribution in [0, 0.1) is 0 Å². The number of carbonyl (C=O) groups is 2. The van der Waals surface area contributed by atoms with Crippen molar-refractivity contribution in [1.29, 1.82) is 0 Å². The Labute approximate surface area is 76.8 Å². The SMILES string of the molecule is C=CC(=O)O.C=COC(=O)/C=C/C. The number of allylic oxidation sites excluding steroid dienone is 1. The number of hydrogen-bond acceptors (Lipinski definition) is 3. The number of ether oxygens (including phenoxy) is 1. The first-order valence-electron chi connectivity index (χ1n) is 3.38. The minimum Gasteiger partial charge on any atom is -0.478 e. The summed E-state index contributed by atoms with van der Waals surface area (Å²) in [5.74, 6) is -1.37. The van der Waals surface area contributed by atoms with Gasteiger partial charge in [0.05, 0.1) is 6.26 Å². The first-order valence-corrected chi connectivity index (χ1v) is 3.38. The Hall–Kier alpha value is -1.84. The third kappa shape index (κ3) is 17.8. The van der Waals surface area contributed by atoms with E-state index in [2.05, 4.69) is 17.9 Å². The minimum atomic E-state index is -0.981. The van der Waals surface area contributed by atoms with Crippen LogP contribution in [0.4, 0.5) is 0 Å². The maximum atomic E-state index is 10.3. The van der Waals surface area contributed by atoms with Gasteiger partial charge in [0.2, 0.25) is 0 Å². The van der Waals surface area contributed by atoms with Crippen LogP contribution in [0.25, 0.3) is 0 Å². The number of aliphatic carboxylic acids is 1. The van der Waals surface area contributed by atoms with Gasteiger partial charge in [-0.2, -0.15) is 0 Å². The van der Waals surface area contributed by atoms with E-state index in [-0.39, 0.29) is 5.97 Å². The number of carboxylic acids is 1. The van der Waals surface area contributed by atoms with Crippen LogP contribution >= 0.6 is 0 Å². The van der Waals surface area contributed by atoms with E-state index in [1.54, 1.807) is 13.0 Å². The highest BCUT2D eigenvalue weighted by molar-refractivity contribution is 5.82. The monoisotopic (exact) mass is 184 g/mol. The van der Waals surface area contributed by atoms with Crippen molar-refractivity contribution in [1.82, 2.24) is 0 Å². The van der Waals surface area contributed by atoms with E-state index in [1.807, 2.05) is 0 Å². The summed E-state index contributed by atoms with van der Waals surface area (Å²) in [6.07, 6.45) is 4.86. The largest absolute Gasteiger partial charge is 0.478 e. The summed E-state index contributed by atoms with van der Waals surface area (Å²) in [6, 6.07) is 0. The van der Waals surface area contributed by atoms with E-state index in [9.17, 15) is 9.59 Å². The number of rotatable bonds is 3. The Morgan fingerprint density at radius 3 is 2.08 bits per heavy atom. The zero-order valence-corrected chi connectivity index (χ0v) is 7.40. The lowest BCUT2D eigenvalue weighted by atomic mass is 10.5. The van der Waals surface area contributed by atoms with E-state index in [0.717, 1.165) is 12.3 Å². The molecule has 0 aromatic carbocycles. The van der Waals surface area contributed by atoms with E-state index < -0.39 is 5.97 Å². The van der Waals surface area contributed by atoms with Gasteiger partial charge in [-0.1, -0.05) is 19.2 Å². The highest BCUT2D eigenvalue weighted by atomic mass is 16.5. The average molecular weight is 184 g/mol. The fraction of sp³-hybridized carbons (Fsp3) is 0.111. The molecule has 0 radical (unpaired) electrons. The van der Waals surface area contributed by atoms with Crippen molar-refractivity contribution in [2.24, 2.45) is 0 Å². The molecule has 0 spiro atoms. The van der Waals surface area contributed by atoms with Gasteiger partial charge in [-0.25, -0.2) is 9.59 Å². The minimum absolute atomic E-state index is 0.387. The quantitative estimate of drug-likeness (QED) is 0.410. The van der Waals surface area contributed by atoms with Gasteiger partial charge in [0.1, 0.15) is 0 Å². The number of esters is 1. The van der Waals surface area contributed by atoms with E-state index >= 15 is 0 Å². The Morgan fingerprint density at radius 1 is 1.38 bits per heavy atom. The molecule has 0 rings (SSSR count). The normalized spacial score (nSPS) is 8.08.